The fourth-order valence-electron chi connectivity index (χ4n) is 2.11. The van der Waals surface area contributed by atoms with Crippen LogP contribution >= 0.6 is 0 Å². The average molecular weight is 353 g/mol. The zero-order valence-electron chi connectivity index (χ0n) is 14.5. The number of hydrogen-bond acceptors (Lipinski definition) is 6. The van der Waals surface area contributed by atoms with Crippen LogP contribution in [0.15, 0.2) is 18.3 Å². The summed E-state index contributed by atoms with van der Waals surface area (Å²) in [5.74, 6) is -3.21. The third-order valence-electron chi connectivity index (χ3n) is 3.66. The van der Waals surface area contributed by atoms with Gasteiger partial charge >= 0.3 is 11.9 Å². The van der Waals surface area contributed by atoms with Crippen LogP contribution in [0.5, 0.6) is 5.88 Å². The number of aliphatic carboxylic acids is 2. The Bertz CT molecular complexity index is 610. The minimum absolute atomic E-state index is 0.000833. The summed E-state index contributed by atoms with van der Waals surface area (Å²) in [6.07, 6.45) is 2.55. The molecule has 1 amide bonds. The fourth-order valence-corrected chi connectivity index (χ4v) is 2.11. The predicted molar refractivity (Wildman–Crippen MR) is 88.7 cm³/mol. The van der Waals surface area contributed by atoms with Crippen molar-refractivity contribution in [3.05, 3.63) is 23.9 Å². The molecule has 0 bridgehead atoms. The van der Waals surface area contributed by atoms with Crippen LogP contribution in [-0.4, -0.2) is 82.7 Å². The summed E-state index contributed by atoms with van der Waals surface area (Å²) in [6.45, 7) is 4.69. The molecule has 1 aliphatic heterocycles. The molecule has 25 heavy (non-hydrogen) atoms. The zero-order chi connectivity index (χ0) is 19.0. The van der Waals surface area contributed by atoms with Crippen LogP contribution in [-0.2, 0) is 9.59 Å². The number of aromatic nitrogens is 1. The van der Waals surface area contributed by atoms with Crippen LogP contribution in [0.3, 0.4) is 0 Å². The van der Waals surface area contributed by atoms with E-state index in [1.54, 1.807) is 23.2 Å². The summed E-state index contributed by atoms with van der Waals surface area (Å²) < 4.78 is 5.89. The van der Waals surface area contributed by atoms with Gasteiger partial charge in [0.15, 0.2) is 0 Å². The number of likely N-dealkylation sites (N-methyl/N-ethyl adjacent to an activating group) is 1. The third kappa shape index (κ3) is 6.38. The first-order valence-corrected chi connectivity index (χ1v) is 7.78. The first kappa shape index (κ1) is 20.4. The largest absolute Gasteiger partial charge is 0.473 e. The molecule has 0 saturated carbocycles. The second kappa shape index (κ2) is 9.58. The van der Waals surface area contributed by atoms with Gasteiger partial charge in [-0.15, -0.1) is 0 Å². The van der Waals surface area contributed by atoms with E-state index in [1.165, 1.54) is 0 Å². The van der Waals surface area contributed by atoms with Gasteiger partial charge in [0.1, 0.15) is 11.7 Å². The normalized spacial score (nSPS) is 16.2. The highest BCUT2D eigenvalue weighted by Gasteiger charge is 2.27. The second-order valence-corrected chi connectivity index (χ2v) is 5.58. The maximum atomic E-state index is 12.2. The molecule has 0 radical (unpaired) electrons. The Kier molecular flexibility index (Phi) is 7.80. The number of amides is 1. The number of carboxylic acids is 2. The van der Waals surface area contributed by atoms with E-state index in [-0.39, 0.29) is 12.0 Å². The molecule has 0 fully saturated rings. The minimum Gasteiger partial charge on any atom is -0.473 e. The summed E-state index contributed by atoms with van der Waals surface area (Å²) in [5.41, 5.74) is 0.552. The molecule has 9 heteroatoms. The summed E-state index contributed by atoms with van der Waals surface area (Å²) in [5, 5.41) is 14.8. The molecule has 2 N–H and O–H groups in total. The molecular weight excluding hydrogens is 330 g/mol. The summed E-state index contributed by atoms with van der Waals surface area (Å²) in [7, 11) is 3.89. The van der Waals surface area contributed by atoms with Crippen molar-refractivity contribution in [2.24, 2.45) is 0 Å². The molecule has 1 atom stereocenters. The maximum absolute atomic E-state index is 12.2. The zero-order valence-corrected chi connectivity index (χ0v) is 14.5. The quantitative estimate of drug-likeness (QED) is 0.747. The number of carboxylic acid groups (broad SMARTS) is 2. The smallest absolute Gasteiger partial charge is 0.414 e. The van der Waals surface area contributed by atoms with Gasteiger partial charge in [-0.05, 0) is 32.1 Å². The summed E-state index contributed by atoms with van der Waals surface area (Å²) in [4.78, 5) is 38.5. The molecule has 0 spiro atoms. The minimum atomic E-state index is -1.82. The van der Waals surface area contributed by atoms with E-state index in [0.29, 0.717) is 18.0 Å². The van der Waals surface area contributed by atoms with E-state index < -0.39 is 11.9 Å². The number of hydrogen-bond donors (Lipinski definition) is 2. The highest BCUT2D eigenvalue weighted by Crippen LogP contribution is 2.22. The van der Waals surface area contributed by atoms with Gasteiger partial charge in [0.05, 0.1) is 6.54 Å². The van der Waals surface area contributed by atoms with Crippen LogP contribution in [0, 0.1) is 0 Å². The van der Waals surface area contributed by atoms with Crippen LogP contribution in [0.4, 0.5) is 0 Å². The Balaban J connectivity index is 0.000000450. The molecule has 2 heterocycles. The number of pyridine rings is 1. The van der Waals surface area contributed by atoms with Gasteiger partial charge in [-0.3, -0.25) is 4.79 Å². The molecule has 0 saturated heterocycles. The van der Waals surface area contributed by atoms with E-state index in [2.05, 4.69) is 23.9 Å². The number of rotatable bonds is 4. The second-order valence-electron chi connectivity index (χ2n) is 5.58. The van der Waals surface area contributed by atoms with Crippen molar-refractivity contribution in [3.8, 4) is 5.88 Å². The van der Waals surface area contributed by atoms with Crippen molar-refractivity contribution in [3.63, 3.8) is 0 Å². The van der Waals surface area contributed by atoms with Crippen molar-refractivity contribution >= 4 is 17.8 Å². The van der Waals surface area contributed by atoms with E-state index >= 15 is 0 Å². The number of nitrogens with zero attached hydrogens (tertiary/aromatic N) is 3. The Hall–Kier alpha value is -2.68. The van der Waals surface area contributed by atoms with Gasteiger partial charge in [0.2, 0.25) is 5.88 Å². The number of ether oxygens (including phenoxy) is 1. The van der Waals surface area contributed by atoms with Crippen molar-refractivity contribution in [2.75, 3.05) is 33.7 Å². The standard InChI is InChI=1S/C14H21N3O2.C2H2O4/c1-4-16(2)9-7-11-10-17(3)14(18)12-6-5-8-15-13(12)19-11;3-1(4)2(5)6/h5-6,8,11H,4,7,9-10H2,1-3H3;(H,3,4)(H,5,6). The molecule has 1 aromatic heterocycles. The molecule has 0 aromatic carbocycles. The number of carbonyl (C=O) groups excluding carboxylic acids is 1. The van der Waals surface area contributed by atoms with Gasteiger partial charge in [0, 0.05) is 19.8 Å². The van der Waals surface area contributed by atoms with Crippen LogP contribution < -0.4 is 4.74 Å². The van der Waals surface area contributed by atoms with Gasteiger partial charge in [0.25, 0.3) is 5.91 Å². The SMILES string of the molecule is CCN(C)CCC1CN(C)C(=O)c2cccnc2O1.O=C(O)C(=O)O. The molecule has 1 aromatic rings. The molecule has 138 valence electrons. The topological polar surface area (TPSA) is 120 Å². The van der Waals surface area contributed by atoms with Gasteiger partial charge < -0.3 is 24.7 Å². The van der Waals surface area contributed by atoms with E-state index in [1.807, 2.05) is 7.05 Å². The van der Waals surface area contributed by atoms with E-state index in [4.69, 9.17) is 24.5 Å². The van der Waals surface area contributed by atoms with Gasteiger partial charge in [-0.25, -0.2) is 14.6 Å². The highest BCUT2D eigenvalue weighted by molar-refractivity contribution is 6.27. The molecule has 1 unspecified atom stereocenters. The van der Waals surface area contributed by atoms with Crippen molar-refractivity contribution < 1.29 is 29.3 Å². The highest BCUT2D eigenvalue weighted by atomic mass is 16.5. The van der Waals surface area contributed by atoms with Crippen molar-refractivity contribution in [1.82, 2.24) is 14.8 Å². The lowest BCUT2D eigenvalue weighted by atomic mass is 10.2. The monoisotopic (exact) mass is 353 g/mol. The summed E-state index contributed by atoms with van der Waals surface area (Å²) >= 11 is 0. The van der Waals surface area contributed by atoms with Gasteiger partial charge in [-0.1, -0.05) is 6.92 Å². The summed E-state index contributed by atoms with van der Waals surface area (Å²) in [6, 6.07) is 3.53. The number of carbonyl (C=O) groups is 3. The molecule has 0 aliphatic carbocycles. The average Bonchev–Trinajstić information content (AvgIpc) is 2.70. The lowest BCUT2D eigenvalue weighted by molar-refractivity contribution is -0.159. The lowest BCUT2D eigenvalue weighted by Gasteiger charge is -2.22. The Labute approximate surface area is 145 Å². The maximum Gasteiger partial charge on any atom is 0.414 e. The Morgan fingerprint density at radius 1 is 1.40 bits per heavy atom. The Morgan fingerprint density at radius 2 is 2.04 bits per heavy atom. The number of fused-ring (bicyclic) bond motifs is 1. The lowest BCUT2D eigenvalue weighted by Crippen LogP contribution is -2.36. The van der Waals surface area contributed by atoms with E-state index in [9.17, 15) is 4.79 Å². The first-order chi connectivity index (χ1) is 11.8. The molecular formula is C16H23N3O6. The Morgan fingerprint density at radius 3 is 2.60 bits per heavy atom. The molecule has 9 nitrogen and oxygen atoms in total. The fraction of sp³-hybridized carbons (Fsp3) is 0.500. The third-order valence-corrected chi connectivity index (χ3v) is 3.66. The van der Waals surface area contributed by atoms with Gasteiger partial charge in [-0.2, -0.15) is 0 Å². The van der Waals surface area contributed by atoms with Crippen LogP contribution in [0.2, 0.25) is 0 Å². The van der Waals surface area contributed by atoms with E-state index in [0.717, 1.165) is 19.5 Å². The van der Waals surface area contributed by atoms with Crippen molar-refractivity contribution in [1.29, 1.82) is 0 Å². The molecule has 2 rings (SSSR count). The van der Waals surface area contributed by atoms with Crippen LogP contribution in [0.1, 0.15) is 23.7 Å². The molecule has 1 aliphatic rings. The predicted octanol–water partition coefficient (Wildman–Crippen LogP) is 0.412. The van der Waals surface area contributed by atoms with Crippen molar-refractivity contribution in [2.45, 2.75) is 19.4 Å². The first-order valence-electron chi connectivity index (χ1n) is 7.78. The van der Waals surface area contributed by atoms with Crippen LogP contribution in [0.25, 0.3) is 0 Å².